The molecule has 0 heterocycles. The summed E-state index contributed by atoms with van der Waals surface area (Å²) in [6.45, 7) is 3.66. The van der Waals surface area contributed by atoms with Crippen LogP contribution in [0.3, 0.4) is 0 Å². The maximum Gasteiger partial charge on any atom is 0.326 e. The molecule has 0 radical (unpaired) electrons. The number of rotatable bonds is 5. The number of urea groups is 1. The number of nitriles is 1. The number of nitrogens with zero attached hydrogens (tertiary/aromatic N) is 1. The van der Waals surface area contributed by atoms with Crippen molar-refractivity contribution in [1.82, 2.24) is 5.32 Å². The van der Waals surface area contributed by atoms with Crippen molar-refractivity contribution in [3.8, 4) is 6.07 Å². The second kappa shape index (κ2) is 7.24. The molecule has 21 heavy (non-hydrogen) atoms. The summed E-state index contributed by atoms with van der Waals surface area (Å²) in [7, 11) is 0. The summed E-state index contributed by atoms with van der Waals surface area (Å²) in [4.78, 5) is 22.7. The Bertz CT molecular complexity index is 581. The number of carboxylic acid groups (broad SMARTS) is 1. The van der Waals surface area contributed by atoms with Gasteiger partial charge >= 0.3 is 12.0 Å². The third-order valence-corrected chi connectivity index (χ3v) is 2.66. The molecular weight excluding hydrogens is 277 g/mol. The van der Waals surface area contributed by atoms with Crippen LogP contribution in [0.15, 0.2) is 18.2 Å². The van der Waals surface area contributed by atoms with Crippen LogP contribution >= 0.6 is 0 Å². The third kappa shape index (κ3) is 5.10. The fraction of sp³-hybridized carbons (Fsp3) is 0.357. The average molecular weight is 293 g/mol. The molecule has 0 saturated heterocycles. The number of hydrogen-bond donors (Lipinski definition) is 3. The number of anilines is 1. The molecule has 0 aliphatic rings. The van der Waals surface area contributed by atoms with Gasteiger partial charge in [0.2, 0.25) is 0 Å². The molecule has 1 atom stereocenters. The first-order chi connectivity index (χ1) is 9.83. The molecule has 1 aromatic rings. The molecule has 0 bridgehead atoms. The molecule has 7 heteroatoms. The highest BCUT2D eigenvalue weighted by Gasteiger charge is 2.21. The number of carbonyl (C=O) groups excluding carboxylic acids is 1. The Morgan fingerprint density at radius 3 is 2.57 bits per heavy atom. The van der Waals surface area contributed by atoms with Crippen LogP contribution in [0.5, 0.6) is 0 Å². The monoisotopic (exact) mass is 293 g/mol. The van der Waals surface area contributed by atoms with E-state index in [1.165, 1.54) is 12.1 Å². The summed E-state index contributed by atoms with van der Waals surface area (Å²) < 4.78 is 13.6. The largest absolute Gasteiger partial charge is 0.480 e. The number of nitrogens with one attached hydrogen (secondary N) is 2. The van der Waals surface area contributed by atoms with Crippen molar-refractivity contribution in [2.45, 2.75) is 26.3 Å². The molecule has 6 nitrogen and oxygen atoms in total. The Hall–Kier alpha value is -2.62. The van der Waals surface area contributed by atoms with E-state index in [2.05, 4.69) is 10.6 Å². The summed E-state index contributed by atoms with van der Waals surface area (Å²) in [5.74, 6) is -1.84. The molecule has 2 amide bonds. The van der Waals surface area contributed by atoms with Gasteiger partial charge in [-0.05, 0) is 30.5 Å². The summed E-state index contributed by atoms with van der Waals surface area (Å²) in [5.41, 5.74) is 0.00173. The second-order valence-electron chi connectivity index (χ2n) is 4.93. The van der Waals surface area contributed by atoms with Crippen LogP contribution in [-0.2, 0) is 4.79 Å². The van der Waals surface area contributed by atoms with E-state index in [0.29, 0.717) is 0 Å². The minimum Gasteiger partial charge on any atom is -0.480 e. The van der Waals surface area contributed by atoms with Gasteiger partial charge in [0.1, 0.15) is 11.9 Å². The Morgan fingerprint density at radius 2 is 2.10 bits per heavy atom. The quantitative estimate of drug-likeness (QED) is 0.775. The number of carboxylic acids is 1. The lowest BCUT2D eigenvalue weighted by Crippen LogP contribution is -2.43. The van der Waals surface area contributed by atoms with Crippen LogP contribution in [0.4, 0.5) is 14.9 Å². The summed E-state index contributed by atoms with van der Waals surface area (Å²) in [6.07, 6.45) is 0.263. The smallest absolute Gasteiger partial charge is 0.326 e. The predicted molar refractivity (Wildman–Crippen MR) is 74.1 cm³/mol. The number of benzene rings is 1. The first kappa shape index (κ1) is 16.4. The maximum atomic E-state index is 13.6. The lowest BCUT2D eigenvalue weighted by atomic mass is 10.0. The van der Waals surface area contributed by atoms with Crippen LogP contribution in [0.1, 0.15) is 25.8 Å². The Labute approximate surface area is 121 Å². The van der Waals surface area contributed by atoms with Gasteiger partial charge < -0.3 is 15.7 Å². The first-order valence-corrected chi connectivity index (χ1v) is 6.33. The maximum absolute atomic E-state index is 13.6. The van der Waals surface area contributed by atoms with E-state index in [1.807, 2.05) is 13.8 Å². The second-order valence-corrected chi connectivity index (χ2v) is 4.93. The van der Waals surface area contributed by atoms with Crippen molar-refractivity contribution >= 4 is 17.7 Å². The Balaban J connectivity index is 2.72. The van der Waals surface area contributed by atoms with E-state index in [9.17, 15) is 14.0 Å². The van der Waals surface area contributed by atoms with Crippen molar-refractivity contribution < 1.29 is 19.1 Å². The van der Waals surface area contributed by atoms with Crippen molar-refractivity contribution in [3.63, 3.8) is 0 Å². The van der Waals surface area contributed by atoms with Crippen molar-refractivity contribution in [2.24, 2.45) is 5.92 Å². The van der Waals surface area contributed by atoms with Gasteiger partial charge in [0, 0.05) is 0 Å². The van der Waals surface area contributed by atoms with Crippen LogP contribution in [0.25, 0.3) is 0 Å². The Kier molecular flexibility index (Phi) is 5.67. The van der Waals surface area contributed by atoms with Gasteiger partial charge in [0.25, 0.3) is 0 Å². The van der Waals surface area contributed by atoms with Gasteiger partial charge in [0.05, 0.1) is 17.3 Å². The number of halogens is 1. The van der Waals surface area contributed by atoms with E-state index in [0.717, 1.165) is 6.07 Å². The lowest BCUT2D eigenvalue weighted by Gasteiger charge is -2.17. The Morgan fingerprint density at radius 1 is 1.43 bits per heavy atom. The first-order valence-electron chi connectivity index (χ1n) is 6.33. The molecule has 0 aliphatic carbocycles. The molecule has 1 aromatic carbocycles. The normalized spacial score (nSPS) is 11.6. The van der Waals surface area contributed by atoms with Crippen molar-refractivity contribution in [1.29, 1.82) is 5.26 Å². The van der Waals surface area contributed by atoms with Crippen LogP contribution in [0, 0.1) is 23.1 Å². The number of carbonyl (C=O) groups is 2. The molecule has 112 valence electrons. The summed E-state index contributed by atoms with van der Waals surface area (Å²) >= 11 is 0. The zero-order chi connectivity index (χ0) is 16.0. The van der Waals surface area contributed by atoms with Gasteiger partial charge in [-0.1, -0.05) is 13.8 Å². The van der Waals surface area contributed by atoms with Gasteiger partial charge in [-0.2, -0.15) is 5.26 Å². The number of aliphatic carboxylic acids is 1. The summed E-state index contributed by atoms with van der Waals surface area (Å²) in [5, 5.41) is 22.1. The molecule has 0 saturated carbocycles. The topological polar surface area (TPSA) is 102 Å². The van der Waals surface area contributed by atoms with Crippen molar-refractivity contribution in [2.75, 3.05) is 5.32 Å². The molecule has 0 aliphatic heterocycles. The van der Waals surface area contributed by atoms with E-state index in [4.69, 9.17) is 10.4 Å². The average Bonchev–Trinajstić information content (AvgIpc) is 2.39. The molecule has 0 fully saturated rings. The number of hydrogen-bond acceptors (Lipinski definition) is 3. The minimum absolute atomic E-state index is 0.0815. The third-order valence-electron chi connectivity index (χ3n) is 2.66. The molecule has 1 rings (SSSR count). The van der Waals surface area contributed by atoms with Gasteiger partial charge in [-0.3, -0.25) is 0 Å². The van der Waals surface area contributed by atoms with Crippen LogP contribution in [0.2, 0.25) is 0 Å². The predicted octanol–water partition coefficient (Wildman–Crippen LogP) is 2.32. The highest BCUT2D eigenvalue weighted by atomic mass is 19.1. The standard InChI is InChI=1S/C14H16FN3O3/c1-8(2)5-12(13(19)20)18-14(21)17-11-4-3-9(7-16)6-10(11)15/h3-4,6,8,12H,5H2,1-2H3,(H,19,20)(H2,17,18,21)/t12-/m1/s1. The van der Waals surface area contributed by atoms with Crippen molar-refractivity contribution in [3.05, 3.63) is 29.6 Å². The highest BCUT2D eigenvalue weighted by Crippen LogP contribution is 2.15. The van der Waals surface area contributed by atoms with Gasteiger partial charge in [0.15, 0.2) is 0 Å². The van der Waals surface area contributed by atoms with E-state index < -0.39 is 23.9 Å². The molecule has 0 aromatic heterocycles. The zero-order valence-corrected chi connectivity index (χ0v) is 11.7. The zero-order valence-electron chi connectivity index (χ0n) is 11.7. The van der Waals surface area contributed by atoms with E-state index in [-0.39, 0.29) is 23.6 Å². The van der Waals surface area contributed by atoms with Crippen LogP contribution in [-0.4, -0.2) is 23.1 Å². The fourth-order valence-corrected chi connectivity index (χ4v) is 1.70. The molecular formula is C14H16FN3O3. The summed E-state index contributed by atoms with van der Waals surface area (Å²) in [6, 6.07) is 3.48. The molecule has 0 spiro atoms. The number of amides is 2. The van der Waals surface area contributed by atoms with Crippen LogP contribution < -0.4 is 10.6 Å². The minimum atomic E-state index is -1.15. The molecule has 0 unspecified atom stereocenters. The fourth-order valence-electron chi connectivity index (χ4n) is 1.70. The van der Waals surface area contributed by atoms with E-state index >= 15 is 0 Å². The molecule has 3 N–H and O–H groups in total. The van der Waals surface area contributed by atoms with E-state index in [1.54, 1.807) is 6.07 Å². The van der Waals surface area contributed by atoms with Gasteiger partial charge in [-0.25, -0.2) is 14.0 Å². The SMILES string of the molecule is CC(C)C[C@@H](NC(=O)Nc1ccc(C#N)cc1F)C(=O)O. The lowest BCUT2D eigenvalue weighted by molar-refractivity contribution is -0.139. The van der Waals surface area contributed by atoms with Gasteiger partial charge in [-0.15, -0.1) is 0 Å². The highest BCUT2D eigenvalue weighted by molar-refractivity contribution is 5.92.